The van der Waals surface area contributed by atoms with Crippen molar-refractivity contribution in [1.29, 1.82) is 0 Å². The second-order valence-electron chi connectivity index (χ2n) is 2.22. The topological polar surface area (TPSA) is 22.1 Å². The Morgan fingerprint density at radius 1 is 1.55 bits per heavy atom. The van der Waals surface area contributed by atoms with Crippen molar-refractivity contribution in [3.63, 3.8) is 0 Å². The molecule has 0 amide bonds. The van der Waals surface area contributed by atoms with Crippen LogP contribution in [-0.4, -0.2) is 12.1 Å². The average molecular weight is 172 g/mol. The molecule has 0 unspecified atom stereocenters. The lowest BCUT2D eigenvalue weighted by atomic mass is 10.3. The van der Waals surface area contributed by atoms with Crippen LogP contribution in [0.3, 0.4) is 0 Å². The van der Waals surface area contributed by atoms with Gasteiger partial charge in [-0.05, 0) is 19.1 Å². The summed E-state index contributed by atoms with van der Waals surface area (Å²) in [5.41, 5.74) is 1.76. The van der Waals surface area contributed by atoms with Gasteiger partial charge in [0.05, 0.1) is 24.4 Å². The van der Waals surface area contributed by atoms with Crippen LogP contribution in [0.4, 0.5) is 0 Å². The molecule has 0 aliphatic rings. The normalized spacial score (nSPS) is 9.73. The van der Waals surface area contributed by atoms with Crippen molar-refractivity contribution in [2.75, 3.05) is 7.11 Å². The molecular weight excluding hydrogens is 162 g/mol. The number of pyridine rings is 1. The van der Waals surface area contributed by atoms with Crippen LogP contribution in [0.5, 0.6) is 5.75 Å². The highest BCUT2D eigenvalue weighted by molar-refractivity contribution is 6.16. The third-order valence-corrected chi connectivity index (χ3v) is 1.73. The van der Waals surface area contributed by atoms with E-state index >= 15 is 0 Å². The Kier molecular flexibility index (Phi) is 2.71. The molecule has 0 saturated heterocycles. The van der Waals surface area contributed by atoms with Gasteiger partial charge in [0.1, 0.15) is 5.75 Å². The number of hydrogen-bond donors (Lipinski definition) is 0. The fourth-order valence-electron chi connectivity index (χ4n) is 0.890. The average Bonchev–Trinajstić information content (AvgIpc) is 2.04. The van der Waals surface area contributed by atoms with E-state index in [0.717, 1.165) is 17.1 Å². The van der Waals surface area contributed by atoms with Crippen molar-refractivity contribution in [3.05, 3.63) is 23.5 Å². The molecule has 1 aromatic rings. The maximum atomic E-state index is 5.59. The van der Waals surface area contributed by atoms with Crippen LogP contribution in [0, 0.1) is 6.92 Å². The molecule has 11 heavy (non-hydrogen) atoms. The van der Waals surface area contributed by atoms with Crippen LogP contribution in [0.2, 0.25) is 0 Å². The molecule has 3 heteroatoms. The number of hydrogen-bond acceptors (Lipinski definition) is 2. The number of halogens is 1. The molecule has 0 saturated carbocycles. The van der Waals surface area contributed by atoms with Gasteiger partial charge < -0.3 is 4.74 Å². The zero-order chi connectivity index (χ0) is 8.27. The summed E-state index contributed by atoms with van der Waals surface area (Å²) in [4.78, 5) is 4.21. The number of aryl methyl sites for hydroxylation is 1. The summed E-state index contributed by atoms with van der Waals surface area (Å²) < 4.78 is 5.04. The highest BCUT2D eigenvalue weighted by Gasteiger charge is 1.99. The van der Waals surface area contributed by atoms with Crippen LogP contribution in [0.1, 0.15) is 11.4 Å². The first-order chi connectivity index (χ1) is 5.27. The maximum Gasteiger partial charge on any atom is 0.140 e. The summed E-state index contributed by atoms with van der Waals surface area (Å²) in [6.45, 7) is 1.90. The third kappa shape index (κ3) is 1.84. The molecule has 1 rings (SSSR count). The summed E-state index contributed by atoms with van der Waals surface area (Å²) in [6.07, 6.45) is 0. The van der Waals surface area contributed by atoms with E-state index in [0.29, 0.717) is 5.88 Å². The van der Waals surface area contributed by atoms with E-state index in [9.17, 15) is 0 Å². The minimum absolute atomic E-state index is 0.449. The van der Waals surface area contributed by atoms with Gasteiger partial charge in [-0.15, -0.1) is 11.6 Å². The van der Waals surface area contributed by atoms with E-state index in [1.165, 1.54) is 0 Å². The van der Waals surface area contributed by atoms with Crippen molar-refractivity contribution in [1.82, 2.24) is 4.98 Å². The van der Waals surface area contributed by atoms with Crippen molar-refractivity contribution < 1.29 is 4.74 Å². The summed E-state index contributed by atoms with van der Waals surface area (Å²) in [5.74, 6) is 1.25. The molecule has 1 heterocycles. The van der Waals surface area contributed by atoms with E-state index in [1.54, 1.807) is 7.11 Å². The summed E-state index contributed by atoms with van der Waals surface area (Å²) in [5, 5.41) is 0. The van der Waals surface area contributed by atoms with E-state index in [2.05, 4.69) is 4.98 Å². The zero-order valence-electron chi connectivity index (χ0n) is 6.60. The molecule has 0 fully saturated rings. The van der Waals surface area contributed by atoms with Crippen molar-refractivity contribution in [2.24, 2.45) is 0 Å². The van der Waals surface area contributed by atoms with Crippen LogP contribution in [0.15, 0.2) is 12.1 Å². The first kappa shape index (κ1) is 8.34. The Morgan fingerprint density at radius 2 is 2.27 bits per heavy atom. The van der Waals surface area contributed by atoms with Crippen LogP contribution in [-0.2, 0) is 5.88 Å². The highest BCUT2D eigenvalue weighted by atomic mass is 35.5. The minimum atomic E-state index is 0.449. The predicted molar refractivity (Wildman–Crippen MR) is 45.1 cm³/mol. The van der Waals surface area contributed by atoms with E-state index in [4.69, 9.17) is 16.3 Å². The fraction of sp³-hybridized carbons (Fsp3) is 0.375. The van der Waals surface area contributed by atoms with Gasteiger partial charge >= 0.3 is 0 Å². The molecule has 0 atom stereocenters. The van der Waals surface area contributed by atoms with Gasteiger partial charge in [0, 0.05) is 0 Å². The van der Waals surface area contributed by atoms with Crippen LogP contribution >= 0.6 is 11.6 Å². The quantitative estimate of drug-likeness (QED) is 0.637. The van der Waals surface area contributed by atoms with Crippen molar-refractivity contribution in [2.45, 2.75) is 12.8 Å². The van der Waals surface area contributed by atoms with Crippen molar-refractivity contribution in [3.8, 4) is 5.75 Å². The molecule has 2 nitrogen and oxygen atoms in total. The zero-order valence-corrected chi connectivity index (χ0v) is 7.35. The van der Waals surface area contributed by atoms with Crippen LogP contribution < -0.4 is 4.74 Å². The molecule has 60 valence electrons. The Bertz CT molecular complexity index is 250. The Hall–Kier alpha value is -0.760. The lowest BCUT2D eigenvalue weighted by Crippen LogP contribution is -1.93. The monoisotopic (exact) mass is 171 g/mol. The Morgan fingerprint density at radius 3 is 2.73 bits per heavy atom. The smallest absolute Gasteiger partial charge is 0.140 e. The maximum absolute atomic E-state index is 5.59. The number of rotatable bonds is 2. The molecular formula is C8H10ClNO. The van der Waals surface area contributed by atoms with Gasteiger partial charge in [0.25, 0.3) is 0 Å². The molecule has 0 radical (unpaired) electrons. The van der Waals surface area contributed by atoms with Crippen molar-refractivity contribution >= 4 is 11.6 Å². The fourth-order valence-corrected chi connectivity index (χ4v) is 1.04. The lowest BCUT2D eigenvalue weighted by molar-refractivity contribution is 0.409. The Labute approximate surface area is 71.2 Å². The number of aromatic nitrogens is 1. The van der Waals surface area contributed by atoms with Gasteiger partial charge in [0.15, 0.2) is 0 Å². The molecule has 0 N–H and O–H groups in total. The third-order valence-electron chi connectivity index (χ3n) is 1.45. The van der Waals surface area contributed by atoms with Gasteiger partial charge in [-0.2, -0.15) is 0 Å². The molecule has 0 bridgehead atoms. The molecule has 0 aliphatic carbocycles. The van der Waals surface area contributed by atoms with Gasteiger partial charge in [-0.25, -0.2) is 0 Å². The summed E-state index contributed by atoms with van der Waals surface area (Å²) in [6, 6.07) is 3.74. The predicted octanol–water partition coefficient (Wildman–Crippen LogP) is 2.14. The highest BCUT2D eigenvalue weighted by Crippen LogP contribution is 2.15. The number of nitrogens with zero attached hydrogens (tertiary/aromatic N) is 1. The van der Waals surface area contributed by atoms with E-state index < -0.39 is 0 Å². The number of alkyl halides is 1. The minimum Gasteiger partial charge on any atom is -0.495 e. The van der Waals surface area contributed by atoms with Gasteiger partial charge in [0.2, 0.25) is 0 Å². The second-order valence-corrected chi connectivity index (χ2v) is 2.49. The van der Waals surface area contributed by atoms with Crippen LogP contribution in [0.25, 0.3) is 0 Å². The lowest BCUT2D eigenvalue weighted by Gasteiger charge is -2.03. The number of methoxy groups -OCH3 is 1. The van der Waals surface area contributed by atoms with Gasteiger partial charge in [-0.1, -0.05) is 0 Å². The first-order valence-corrected chi connectivity index (χ1v) is 3.88. The Balaban J connectivity index is 2.99. The first-order valence-electron chi connectivity index (χ1n) is 3.34. The SMILES string of the molecule is COc1ccc(CCl)nc1C. The number of ether oxygens (including phenoxy) is 1. The molecule has 0 aliphatic heterocycles. The summed E-state index contributed by atoms with van der Waals surface area (Å²) in [7, 11) is 1.63. The van der Waals surface area contributed by atoms with E-state index in [1.807, 2.05) is 19.1 Å². The van der Waals surface area contributed by atoms with E-state index in [-0.39, 0.29) is 0 Å². The standard InChI is InChI=1S/C8H10ClNO/c1-6-8(11-2)4-3-7(5-9)10-6/h3-4H,5H2,1-2H3. The largest absolute Gasteiger partial charge is 0.495 e. The molecule has 0 spiro atoms. The molecule has 0 aromatic carbocycles. The summed E-state index contributed by atoms with van der Waals surface area (Å²) >= 11 is 5.59. The molecule has 1 aromatic heterocycles. The van der Waals surface area contributed by atoms with Gasteiger partial charge in [-0.3, -0.25) is 4.98 Å². The second kappa shape index (κ2) is 3.58.